The van der Waals surface area contributed by atoms with Crippen LogP contribution in [0.3, 0.4) is 0 Å². The van der Waals surface area contributed by atoms with Crippen LogP contribution >= 0.6 is 0 Å². The number of para-hydroxylation sites is 1. The van der Waals surface area contributed by atoms with Gasteiger partial charge in [0.15, 0.2) is 0 Å². The monoisotopic (exact) mass is 356 g/mol. The molecule has 0 bridgehead atoms. The molecule has 1 heteroatoms. The van der Waals surface area contributed by atoms with Gasteiger partial charge in [0, 0.05) is 11.0 Å². The molecule has 1 saturated carbocycles. The molecule has 3 aromatic rings. The van der Waals surface area contributed by atoms with Crippen molar-refractivity contribution >= 4 is 10.8 Å². The van der Waals surface area contributed by atoms with Crippen molar-refractivity contribution in [3.8, 4) is 5.75 Å². The zero-order valence-electron chi connectivity index (χ0n) is 16.6. The highest BCUT2D eigenvalue weighted by molar-refractivity contribution is 5.86. The van der Waals surface area contributed by atoms with Gasteiger partial charge >= 0.3 is 0 Å². The van der Waals surface area contributed by atoms with Crippen LogP contribution in [0.4, 0.5) is 0 Å². The molecule has 0 radical (unpaired) electrons. The summed E-state index contributed by atoms with van der Waals surface area (Å²) in [6.07, 6.45) is 3.70. The number of hydrogen-bond acceptors (Lipinski definition) is 1. The lowest BCUT2D eigenvalue weighted by Gasteiger charge is -2.32. The normalized spacial score (nSPS) is 23.9. The van der Waals surface area contributed by atoms with Gasteiger partial charge in [-0.3, -0.25) is 0 Å². The van der Waals surface area contributed by atoms with Gasteiger partial charge in [0.1, 0.15) is 5.75 Å². The summed E-state index contributed by atoms with van der Waals surface area (Å²) in [7, 11) is 0. The molecule has 0 amide bonds. The van der Waals surface area contributed by atoms with E-state index in [1.165, 1.54) is 46.7 Å². The molecule has 1 fully saturated rings. The molecule has 2 aliphatic rings. The number of rotatable bonds is 3. The maximum absolute atomic E-state index is 6.05. The second kappa shape index (κ2) is 5.86. The zero-order valence-corrected chi connectivity index (χ0v) is 16.6. The number of fused-ring (bicyclic) bond motifs is 3. The molecule has 3 aromatic carbocycles. The van der Waals surface area contributed by atoms with Crippen molar-refractivity contribution in [1.82, 2.24) is 0 Å². The third-order valence-electron chi connectivity index (χ3n) is 7.05. The Bertz CT molecular complexity index is 1010. The third-order valence-corrected chi connectivity index (χ3v) is 7.05. The van der Waals surface area contributed by atoms with E-state index in [0.29, 0.717) is 5.41 Å². The number of ether oxygens (including phenoxy) is 1. The average molecular weight is 357 g/mol. The van der Waals surface area contributed by atoms with Crippen LogP contribution in [0.1, 0.15) is 49.8 Å². The van der Waals surface area contributed by atoms with E-state index in [1.54, 1.807) is 0 Å². The first-order valence-electron chi connectivity index (χ1n) is 10.2. The number of aryl methyl sites for hydroxylation is 1. The Hall–Kier alpha value is -2.28. The maximum atomic E-state index is 6.05. The van der Waals surface area contributed by atoms with E-state index in [9.17, 15) is 0 Å². The van der Waals surface area contributed by atoms with E-state index in [0.717, 1.165) is 18.3 Å². The fourth-order valence-electron chi connectivity index (χ4n) is 5.53. The van der Waals surface area contributed by atoms with Gasteiger partial charge in [0.2, 0.25) is 0 Å². The summed E-state index contributed by atoms with van der Waals surface area (Å²) in [5.41, 5.74) is 4.75. The van der Waals surface area contributed by atoms with E-state index in [2.05, 4.69) is 81.4 Å². The van der Waals surface area contributed by atoms with Gasteiger partial charge in [-0.25, -0.2) is 0 Å². The van der Waals surface area contributed by atoms with Crippen molar-refractivity contribution in [2.24, 2.45) is 5.92 Å². The van der Waals surface area contributed by atoms with E-state index >= 15 is 0 Å². The van der Waals surface area contributed by atoms with Crippen molar-refractivity contribution < 1.29 is 4.74 Å². The summed E-state index contributed by atoms with van der Waals surface area (Å²) in [6.45, 7) is 7.90. The van der Waals surface area contributed by atoms with Crippen LogP contribution in [0.5, 0.6) is 5.75 Å². The standard InChI is InChI=1S/C26H28O/c1-18-8-6-13-23-24(18)27-15-14-26(23)17-20(26)16-25(2,3)22-12-7-10-19-9-4-5-11-21(19)22/h4-13,20H,14-17H2,1-3H3. The Kier molecular flexibility index (Phi) is 3.66. The molecule has 27 heavy (non-hydrogen) atoms. The predicted octanol–water partition coefficient (Wildman–Crippen LogP) is 6.56. The molecule has 0 saturated heterocycles. The molecule has 2 unspecified atom stereocenters. The number of hydrogen-bond donors (Lipinski definition) is 0. The first-order valence-corrected chi connectivity index (χ1v) is 10.2. The van der Waals surface area contributed by atoms with Gasteiger partial charge < -0.3 is 4.74 Å². The van der Waals surface area contributed by atoms with Crippen LogP contribution in [0, 0.1) is 12.8 Å². The zero-order chi connectivity index (χ0) is 18.6. The van der Waals surface area contributed by atoms with E-state index < -0.39 is 0 Å². The third kappa shape index (κ3) is 2.59. The fraction of sp³-hybridized carbons (Fsp3) is 0.385. The lowest BCUT2D eigenvalue weighted by Crippen LogP contribution is -2.25. The Labute approximate surface area is 162 Å². The second-order valence-electron chi connectivity index (χ2n) is 9.22. The van der Waals surface area contributed by atoms with Gasteiger partial charge in [-0.05, 0) is 59.4 Å². The minimum Gasteiger partial charge on any atom is -0.493 e. The van der Waals surface area contributed by atoms with Crippen LogP contribution < -0.4 is 4.74 Å². The first kappa shape index (κ1) is 16.9. The summed E-state index contributed by atoms with van der Waals surface area (Å²) in [5, 5.41) is 2.75. The fourth-order valence-corrected chi connectivity index (χ4v) is 5.53. The summed E-state index contributed by atoms with van der Waals surface area (Å²) in [6, 6.07) is 22.3. The van der Waals surface area contributed by atoms with Crippen molar-refractivity contribution in [1.29, 1.82) is 0 Å². The molecular weight excluding hydrogens is 328 g/mol. The minimum absolute atomic E-state index is 0.164. The summed E-state index contributed by atoms with van der Waals surface area (Å²) < 4.78 is 6.05. The molecule has 1 spiro atoms. The van der Waals surface area contributed by atoms with Crippen molar-refractivity contribution in [2.75, 3.05) is 6.61 Å². The molecule has 2 atom stereocenters. The average Bonchev–Trinajstić information content (AvgIpc) is 3.33. The highest BCUT2D eigenvalue weighted by Gasteiger charge is 2.58. The van der Waals surface area contributed by atoms with Crippen LogP contribution in [0.25, 0.3) is 10.8 Å². The largest absolute Gasteiger partial charge is 0.493 e. The van der Waals surface area contributed by atoms with Crippen molar-refractivity contribution in [2.45, 2.75) is 50.9 Å². The summed E-state index contributed by atoms with van der Waals surface area (Å²) in [5.74, 6) is 1.91. The predicted molar refractivity (Wildman–Crippen MR) is 113 cm³/mol. The maximum Gasteiger partial charge on any atom is 0.125 e. The Morgan fingerprint density at radius 1 is 1.00 bits per heavy atom. The highest BCUT2D eigenvalue weighted by Crippen LogP contribution is 2.64. The quantitative estimate of drug-likeness (QED) is 0.516. The molecule has 1 heterocycles. The lowest BCUT2D eigenvalue weighted by molar-refractivity contribution is 0.246. The van der Waals surface area contributed by atoms with Crippen LogP contribution in [0.2, 0.25) is 0 Å². The molecule has 0 aromatic heterocycles. The number of benzene rings is 3. The van der Waals surface area contributed by atoms with E-state index in [4.69, 9.17) is 4.74 Å². The second-order valence-corrected chi connectivity index (χ2v) is 9.22. The van der Waals surface area contributed by atoms with E-state index in [1.807, 2.05) is 0 Å². The molecule has 138 valence electrons. The van der Waals surface area contributed by atoms with Crippen LogP contribution in [-0.4, -0.2) is 6.61 Å². The molecule has 0 N–H and O–H groups in total. The smallest absolute Gasteiger partial charge is 0.125 e. The Morgan fingerprint density at radius 3 is 2.67 bits per heavy atom. The molecule has 1 aliphatic carbocycles. The topological polar surface area (TPSA) is 9.23 Å². The van der Waals surface area contributed by atoms with Crippen LogP contribution in [-0.2, 0) is 10.8 Å². The van der Waals surface area contributed by atoms with Gasteiger partial charge in [0.25, 0.3) is 0 Å². The summed E-state index contributed by atoms with van der Waals surface area (Å²) in [4.78, 5) is 0. The Morgan fingerprint density at radius 2 is 1.78 bits per heavy atom. The van der Waals surface area contributed by atoms with Crippen LogP contribution in [0.15, 0.2) is 60.7 Å². The highest BCUT2D eigenvalue weighted by atomic mass is 16.5. The van der Waals surface area contributed by atoms with Gasteiger partial charge in [0.05, 0.1) is 6.61 Å². The SMILES string of the molecule is Cc1cccc2c1OCCC21CC1CC(C)(C)c1cccc2ccccc12. The van der Waals surface area contributed by atoms with Gasteiger partial charge in [-0.2, -0.15) is 0 Å². The summed E-state index contributed by atoms with van der Waals surface area (Å²) >= 11 is 0. The Balaban J connectivity index is 1.48. The lowest BCUT2D eigenvalue weighted by atomic mass is 9.75. The van der Waals surface area contributed by atoms with Gasteiger partial charge in [-0.1, -0.05) is 74.5 Å². The molecule has 5 rings (SSSR count). The molecule has 1 nitrogen and oxygen atoms in total. The van der Waals surface area contributed by atoms with Crippen molar-refractivity contribution in [3.63, 3.8) is 0 Å². The van der Waals surface area contributed by atoms with Gasteiger partial charge in [-0.15, -0.1) is 0 Å². The minimum atomic E-state index is 0.164. The first-order chi connectivity index (χ1) is 13.0. The van der Waals surface area contributed by atoms with E-state index in [-0.39, 0.29) is 5.41 Å². The molecular formula is C26H28O. The molecule has 1 aliphatic heterocycles. The van der Waals surface area contributed by atoms with Crippen molar-refractivity contribution in [3.05, 3.63) is 77.4 Å².